The molecule has 9 nitrogen and oxygen atoms in total. The van der Waals surface area contributed by atoms with E-state index in [1.807, 2.05) is 6.07 Å². The van der Waals surface area contributed by atoms with Crippen molar-refractivity contribution in [1.29, 1.82) is 10.5 Å². The number of nitrogens with zero attached hydrogens (tertiary/aromatic N) is 5. The summed E-state index contributed by atoms with van der Waals surface area (Å²) in [6, 6.07) is 19.0. The maximum atomic E-state index is 12.9. The Morgan fingerprint density at radius 3 is 2.53 bits per heavy atom. The van der Waals surface area contributed by atoms with Crippen LogP contribution in [0.1, 0.15) is 21.7 Å². The number of carbonyl (C=O) groups excluding carboxylic acids is 1. The van der Waals surface area contributed by atoms with Crippen LogP contribution < -0.4 is 5.32 Å². The molecule has 4 rings (SSSR count). The molecule has 0 aliphatic carbocycles. The van der Waals surface area contributed by atoms with E-state index in [1.54, 1.807) is 60.7 Å². The second-order valence-electron chi connectivity index (χ2n) is 6.55. The highest BCUT2D eigenvalue weighted by Crippen LogP contribution is 2.39. The molecule has 0 unspecified atom stereocenters. The maximum absolute atomic E-state index is 12.9. The lowest BCUT2D eigenvalue weighted by Gasteiger charge is -2.11. The van der Waals surface area contributed by atoms with Crippen LogP contribution in [0.5, 0.6) is 5.75 Å². The van der Waals surface area contributed by atoms with Gasteiger partial charge in [-0.25, -0.2) is 0 Å². The van der Waals surface area contributed by atoms with Crippen LogP contribution in [0.25, 0.3) is 10.8 Å². The first-order valence-electron chi connectivity index (χ1n) is 9.17. The number of aromatic nitrogens is 2. The number of aromatic hydroxyl groups is 1. The molecule has 0 fully saturated rings. The molecule has 0 atom stereocenters. The predicted molar refractivity (Wildman–Crippen MR) is 119 cm³/mol. The number of carbonyl (C=O) groups is 1. The van der Waals surface area contributed by atoms with Crippen molar-refractivity contribution in [1.82, 2.24) is 9.97 Å². The summed E-state index contributed by atoms with van der Waals surface area (Å²) < 4.78 is 0. The average molecular weight is 439 g/mol. The molecule has 3 aromatic carbocycles. The molecule has 1 aromatic heterocycles. The minimum Gasteiger partial charge on any atom is -0.505 e. The van der Waals surface area contributed by atoms with Crippen molar-refractivity contribution in [3.05, 3.63) is 71.5 Å². The summed E-state index contributed by atoms with van der Waals surface area (Å²) in [5, 5.41) is 40.8. The summed E-state index contributed by atoms with van der Waals surface area (Å²) in [7, 11) is 0. The number of thiol groups is 1. The van der Waals surface area contributed by atoms with Gasteiger partial charge in [-0.3, -0.25) is 4.79 Å². The largest absolute Gasteiger partial charge is 0.505 e. The summed E-state index contributed by atoms with van der Waals surface area (Å²) in [6.45, 7) is 0. The first-order valence-corrected chi connectivity index (χ1v) is 9.62. The molecule has 1 heterocycles. The number of azo groups is 1. The number of hydrogen-bond donors (Lipinski definition) is 4. The van der Waals surface area contributed by atoms with Gasteiger partial charge in [-0.2, -0.15) is 15.5 Å². The highest BCUT2D eigenvalue weighted by molar-refractivity contribution is 7.80. The fraction of sp³-hybridized carbons (Fsp3) is 0. The Morgan fingerprint density at radius 1 is 1.09 bits per heavy atom. The van der Waals surface area contributed by atoms with Gasteiger partial charge in [-0.05, 0) is 35.7 Å². The number of fused-ring (bicyclic) bond motifs is 1. The number of aromatic amines is 1. The van der Waals surface area contributed by atoms with Gasteiger partial charge in [-0.15, -0.1) is 22.9 Å². The van der Waals surface area contributed by atoms with E-state index in [0.29, 0.717) is 16.5 Å². The van der Waals surface area contributed by atoms with Crippen molar-refractivity contribution in [2.75, 3.05) is 5.32 Å². The van der Waals surface area contributed by atoms with Crippen LogP contribution in [-0.4, -0.2) is 21.0 Å². The van der Waals surface area contributed by atoms with Crippen LogP contribution in [-0.2, 0) is 0 Å². The molecule has 32 heavy (non-hydrogen) atoms. The van der Waals surface area contributed by atoms with E-state index < -0.39 is 5.91 Å². The number of rotatable bonds is 4. The van der Waals surface area contributed by atoms with Crippen LogP contribution >= 0.6 is 12.6 Å². The third-order valence-electron chi connectivity index (χ3n) is 4.52. The zero-order chi connectivity index (χ0) is 22.7. The van der Waals surface area contributed by atoms with Gasteiger partial charge in [0.15, 0.2) is 17.1 Å². The van der Waals surface area contributed by atoms with Crippen molar-refractivity contribution >= 4 is 46.6 Å². The van der Waals surface area contributed by atoms with E-state index in [-0.39, 0.29) is 34.3 Å². The third-order valence-corrected chi connectivity index (χ3v) is 4.82. The number of H-pyrrole nitrogens is 1. The highest BCUT2D eigenvalue weighted by atomic mass is 32.1. The number of nitriles is 2. The van der Waals surface area contributed by atoms with E-state index in [1.165, 1.54) is 0 Å². The van der Waals surface area contributed by atoms with Crippen molar-refractivity contribution in [2.24, 2.45) is 10.2 Å². The minimum absolute atomic E-state index is 0.00229. The first-order chi connectivity index (χ1) is 15.5. The number of benzene rings is 3. The van der Waals surface area contributed by atoms with Gasteiger partial charge in [0.1, 0.15) is 17.8 Å². The first kappa shape index (κ1) is 20.6. The molecule has 0 radical (unpaired) electrons. The minimum atomic E-state index is -0.534. The quantitative estimate of drug-likeness (QED) is 0.261. The fourth-order valence-electron chi connectivity index (χ4n) is 3.00. The smallest absolute Gasteiger partial charge is 0.259 e. The maximum Gasteiger partial charge on any atom is 0.259 e. The Kier molecular flexibility index (Phi) is 5.53. The summed E-state index contributed by atoms with van der Waals surface area (Å²) in [4.78, 5) is 20.1. The molecule has 10 heteroatoms. The van der Waals surface area contributed by atoms with Crippen molar-refractivity contribution in [3.8, 4) is 17.9 Å². The molecule has 3 N–H and O–H groups in total. The van der Waals surface area contributed by atoms with Crippen LogP contribution in [0.15, 0.2) is 69.7 Å². The van der Waals surface area contributed by atoms with Crippen LogP contribution in [0, 0.1) is 22.7 Å². The van der Waals surface area contributed by atoms with Gasteiger partial charge in [0.25, 0.3) is 5.91 Å². The third kappa shape index (κ3) is 3.99. The topological polar surface area (TPSA) is 150 Å². The SMILES string of the molecule is N#Cc1nc(/N=N/c2c(O)c(C(=O)Nc3ccc(S)cc3)cc3ccccc23)[nH]c1C#N. The zero-order valence-electron chi connectivity index (χ0n) is 16.2. The van der Waals surface area contributed by atoms with Crippen molar-refractivity contribution in [2.45, 2.75) is 4.90 Å². The molecule has 0 saturated carbocycles. The Bertz CT molecular complexity index is 1430. The van der Waals surface area contributed by atoms with Crippen LogP contribution in [0.4, 0.5) is 17.3 Å². The molecule has 0 bridgehead atoms. The number of imidazole rings is 1. The van der Waals surface area contributed by atoms with E-state index in [9.17, 15) is 9.90 Å². The molecule has 0 saturated heterocycles. The van der Waals surface area contributed by atoms with Gasteiger partial charge >= 0.3 is 0 Å². The van der Waals surface area contributed by atoms with Crippen molar-refractivity contribution in [3.63, 3.8) is 0 Å². The lowest BCUT2D eigenvalue weighted by atomic mass is 10.0. The summed E-state index contributed by atoms with van der Waals surface area (Å²) in [5.41, 5.74) is 0.425. The molecular formula is C22H13N7O2S. The number of phenols is 1. The van der Waals surface area contributed by atoms with Crippen LogP contribution in [0.2, 0.25) is 0 Å². The second-order valence-corrected chi connectivity index (χ2v) is 7.07. The second kappa shape index (κ2) is 8.60. The summed E-state index contributed by atoms with van der Waals surface area (Å²) in [5.74, 6) is -0.986. The molecule has 154 valence electrons. The number of nitrogens with one attached hydrogen (secondary N) is 2. The number of hydrogen-bond acceptors (Lipinski definition) is 8. The monoisotopic (exact) mass is 439 g/mol. The highest BCUT2D eigenvalue weighted by Gasteiger charge is 2.19. The summed E-state index contributed by atoms with van der Waals surface area (Å²) in [6.07, 6.45) is 0. The van der Waals surface area contributed by atoms with Gasteiger partial charge in [0.05, 0.1) is 5.56 Å². The lowest BCUT2D eigenvalue weighted by molar-refractivity contribution is 0.102. The number of amides is 1. The lowest BCUT2D eigenvalue weighted by Crippen LogP contribution is -2.12. The Labute approximate surface area is 187 Å². The van der Waals surface area contributed by atoms with E-state index in [0.717, 1.165) is 4.90 Å². The Hall–Kier alpha value is -4.67. The molecule has 0 aliphatic rings. The molecular weight excluding hydrogens is 426 g/mol. The molecule has 1 amide bonds. The molecule has 4 aromatic rings. The number of anilines is 1. The average Bonchev–Trinajstić information content (AvgIpc) is 3.22. The van der Waals surface area contributed by atoms with Gasteiger partial charge in [0.2, 0.25) is 5.95 Å². The predicted octanol–water partition coefficient (Wildman–Crippen LogP) is 4.97. The van der Waals surface area contributed by atoms with Gasteiger partial charge in [-0.1, -0.05) is 24.3 Å². The Morgan fingerprint density at radius 2 is 1.84 bits per heavy atom. The van der Waals surface area contributed by atoms with Gasteiger partial charge < -0.3 is 15.4 Å². The zero-order valence-corrected chi connectivity index (χ0v) is 17.1. The normalized spacial score (nSPS) is 10.7. The van der Waals surface area contributed by atoms with E-state index in [2.05, 4.69) is 38.1 Å². The van der Waals surface area contributed by atoms with Crippen molar-refractivity contribution < 1.29 is 9.90 Å². The van der Waals surface area contributed by atoms with Gasteiger partial charge in [0, 0.05) is 16.0 Å². The van der Waals surface area contributed by atoms with E-state index >= 15 is 0 Å². The number of phenolic OH excluding ortho intramolecular Hbond substituents is 1. The summed E-state index contributed by atoms with van der Waals surface area (Å²) >= 11 is 4.22. The fourth-order valence-corrected chi connectivity index (χ4v) is 3.15. The van der Waals surface area contributed by atoms with Crippen LogP contribution in [0.3, 0.4) is 0 Å². The molecule has 0 spiro atoms. The molecule has 0 aliphatic heterocycles. The Balaban J connectivity index is 1.77. The van der Waals surface area contributed by atoms with E-state index in [4.69, 9.17) is 10.5 Å². The standard InChI is InChI=1S/C22H13N7O2S/c23-10-17-18(11-24)27-22(26-17)29-28-19-15-4-2-1-3-12(15)9-16(20(19)30)21(31)25-13-5-7-14(32)8-6-13/h1-9,30,32H,(H,25,31)(H,26,27)/b29-28+.